The monoisotopic (exact) mass is 438 g/mol. The van der Waals surface area contributed by atoms with E-state index in [4.69, 9.17) is 9.47 Å². The molecule has 0 aromatic heterocycles. The van der Waals surface area contributed by atoms with Crippen LogP contribution in [0.3, 0.4) is 0 Å². The molecule has 166 valence electrons. The SMILES string of the molecule is COc1ccc(/C=C/C(=O)c2cccc(OC(F)F)c2)cc1COc1cc(C)ccc1C. The fourth-order valence-electron chi connectivity index (χ4n) is 3.13. The molecular weight excluding hydrogens is 414 g/mol. The lowest BCUT2D eigenvalue weighted by molar-refractivity contribution is -0.0498. The maximum atomic E-state index is 12.5. The summed E-state index contributed by atoms with van der Waals surface area (Å²) in [5, 5.41) is 0. The third-order valence-electron chi connectivity index (χ3n) is 4.80. The van der Waals surface area contributed by atoms with Crippen molar-refractivity contribution < 1.29 is 27.8 Å². The number of benzene rings is 3. The smallest absolute Gasteiger partial charge is 0.387 e. The van der Waals surface area contributed by atoms with Crippen LogP contribution < -0.4 is 14.2 Å². The number of carbonyl (C=O) groups excluding carboxylic acids is 1. The Labute approximate surface area is 186 Å². The van der Waals surface area contributed by atoms with Gasteiger partial charge < -0.3 is 14.2 Å². The van der Waals surface area contributed by atoms with E-state index in [2.05, 4.69) is 4.74 Å². The number of rotatable bonds is 9. The van der Waals surface area contributed by atoms with Crippen LogP contribution in [-0.4, -0.2) is 19.5 Å². The number of allylic oxidation sites excluding steroid dienone is 1. The number of ether oxygens (including phenoxy) is 3. The van der Waals surface area contributed by atoms with Crippen molar-refractivity contribution in [3.8, 4) is 17.2 Å². The Bertz CT molecular complexity index is 1120. The fourth-order valence-corrected chi connectivity index (χ4v) is 3.13. The lowest BCUT2D eigenvalue weighted by Crippen LogP contribution is -2.03. The van der Waals surface area contributed by atoms with Gasteiger partial charge in [0.05, 0.1) is 7.11 Å². The van der Waals surface area contributed by atoms with Gasteiger partial charge in [-0.15, -0.1) is 0 Å². The minimum atomic E-state index is -2.94. The number of hydrogen-bond donors (Lipinski definition) is 0. The van der Waals surface area contributed by atoms with Gasteiger partial charge >= 0.3 is 6.61 Å². The molecule has 32 heavy (non-hydrogen) atoms. The summed E-state index contributed by atoms with van der Waals surface area (Å²) in [4.78, 5) is 12.5. The highest BCUT2D eigenvalue weighted by molar-refractivity contribution is 6.07. The summed E-state index contributed by atoms with van der Waals surface area (Å²) in [6, 6.07) is 17.2. The average Bonchev–Trinajstić information content (AvgIpc) is 2.77. The first-order chi connectivity index (χ1) is 15.4. The van der Waals surface area contributed by atoms with Crippen LogP contribution in [0.2, 0.25) is 0 Å². The van der Waals surface area contributed by atoms with Crippen molar-refractivity contribution in [2.24, 2.45) is 0 Å². The van der Waals surface area contributed by atoms with Crippen molar-refractivity contribution in [3.63, 3.8) is 0 Å². The van der Waals surface area contributed by atoms with E-state index in [1.165, 1.54) is 24.3 Å². The van der Waals surface area contributed by atoms with Crippen molar-refractivity contribution in [3.05, 3.63) is 94.6 Å². The third kappa shape index (κ3) is 6.17. The topological polar surface area (TPSA) is 44.8 Å². The standard InChI is InChI=1S/C26H24F2O4/c1-17-7-8-18(2)25(13-17)31-16-21-14-19(10-12-24(21)30-3)9-11-23(29)20-5-4-6-22(15-20)32-26(27)28/h4-15,26H,16H2,1-3H3/b11-9+. The highest BCUT2D eigenvalue weighted by atomic mass is 19.3. The Morgan fingerprint density at radius 1 is 1.00 bits per heavy atom. The first-order valence-electron chi connectivity index (χ1n) is 10.00. The molecule has 0 atom stereocenters. The summed E-state index contributed by atoms with van der Waals surface area (Å²) in [5.74, 6) is 1.09. The molecule has 0 saturated heterocycles. The van der Waals surface area contributed by atoms with Crippen LogP contribution >= 0.6 is 0 Å². The summed E-state index contributed by atoms with van der Waals surface area (Å²) in [5.41, 5.74) is 4.01. The van der Waals surface area contributed by atoms with E-state index in [1.54, 1.807) is 19.3 Å². The zero-order valence-corrected chi connectivity index (χ0v) is 18.1. The van der Waals surface area contributed by atoms with E-state index in [-0.39, 0.29) is 17.1 Å². The molecule has 6 heteroatoms. The third-order valence-corrected chi connectivity index (χ3v) is 4.80. The summed E-state index contributed by atoms with van der Waals surface area (Å²) in [7, 11) is 1.59. The van der Waals surface area contributed by atoms with E-state index in [0.717, 1.165) is 28.0 Å². The van der Waals surface area contributed by atoms with E-state index >= 15 is 0 Å². The minimum Gasteiger partial charge on any atom is -0.496 e. The maximum Gasteiger partial charge on any atom is 0.387 e. The molecule has 0 N–H and O–H groups in total. The summed E-state index contributed by atoms with van der Waals surface area (Å²) in [6.07, 6.45) is 3.04. The van der Waals surface area contributed by atoms with Crippen LogP contribution in [0.15, 0.2) is 66.7 Å². The Hall–Kier alpha value is -3.67. The lowest BCUT2D eigenvalue weighted by atomic mass is 10.1. The molecule has 3 rings (SSSR count). The molecule has 4 nitrogen and oxygen atoms in total. The predicted molar refractivity (Wildman–Crippen MR) is 120 cm³/mol. The van der Waals surface area contributed by atoms with Gasteiger partial charge in [0.2, 0.25) is 0 Å². The van der Waals surface area contributed by atoms with Gasteiger partial charge in [0.1, 0.15) is 23.9 Å². The van der Waals surface area contributed by atoms with Gasteiger partial charge in [0, 0.05) is 11.1 Å². The number of methoxy groups -OCH3 is 1. The number of halogens is 2. The molecule has 0 aliphatic rings. The first-order valence-corrected chi connectivity index (χ1v) is 10.00. The average molecular weight is 438 g/mol. The molecule has 0 aliphatic heterocycles. The molecule has 0 unspecified atom stereocenters. The Kier molecular flexibility index (Phi) is 7.60. The number of hydrogen-bond acceptors (Lipinski definition) is 4. The molecule has 0 amide bonds. The Morgan fingerprint density at radius 3 is 2.56 bits per heavy atom. The summed E-state index contributed by atoms with van der Waals surface area (Å²) >= 11 is 0. The normalized spacial score (nSPS) is 11.1. The molecule has 0 saturated carbocycles. The molecule has 3 aromatic carbocycles. The van der Waals surface area contributed by atoms with Crippen LogP contribution in [0.4, 0.5) is 8.78 Å². The minimum absolute atomic E-state index is 0.0606. The quantitative estimate of drug-likeness (QED) is 0.287. The number of ketones is 1. The highest BCUT2D eigenvalue weighted by Crippen LogP contribution is 2.25. The van der Waals surface area contributed by atoms with E-state index < -0.39 is 6.61 Å². The zero-order valence-electron chi connectivity index (χ0n) is 18.1. The van der Waals surface area contributed by atoms with Gasteiger partial charge in [-0.2, -0.15) is 8.78 Å². The molecule has 0 heterocycles. The molecule has 0 fully saturated rings. The van der Waals surface area contributed by atoms with E-state index in [1.807, 2.05) is 50.2 Å². The van der Waals surface area contributed by atoms with Gasteiger partial charge in [-0.3, -0.25) is 4.79 Å². The highest BCUT2D eigenvalue weighted by Gasteiger charge is 2.09. The molecular formula is C26H24F2O4. The second kappa shape index (κ2) is 10.6. The van der Waals surface area contributed by atoms with Gasteiger partial charge in [-0.25, -0.2) is 0 Å². The maximum absolute atomic E-state index is 12.5. The van der Waals surface area contributed by atoms with Crippen molar-refractivity contribution >= 4 is 11.9 Å². The van der Waals surface area contributed by atoms with Crippen LogP contribution in [0.25, 0.3) is 6.08 Å². The second-order valence-corrected chi connectivity index (χ2v) is 7.23. The van der Waals surface area contributed by atoms with Gasteiger partial charge in [-0.05, 0) is 66.9 Å². The van der Waals surface area contributed by atoms with Gasteiger partial charge in [0.25, 0.3) is 0 Å². The van der Waals surface area contributed by atoms with E-state index in [0.29, 0.717) is 12.4 Å². The predicted octanol–water partition coefficient (Wildman–Crippen LogP) is 6.39. The Balaban J connectivity index is 1.75. The van der Waals surface area contributed by atoms with Crippen LogP contribution in [0.5, 0.6) is 17.2 Å². The zero-order chi connectivity index (χ0) is 23.1. The number of alkyl halides is 2. The molecule has 0 spiro atoms. The molecule has 0 bridgehead atoms. The van der Waals surface area contributed by atoms with Crippen molar-refractivity contribution in [2.45, 2.75) is 27.1 Å². The van der Waals surface area contributed by atoms with Crippen molar-refractivity contribution in [2.75, 3.05) is 7.11 Å². The number of aryl methyl sites for hydroxylation is 2. The van der Waals surface area contributed by atoms with Crippen LogP contribution in [-0.2, 0) is 6.61 Å². The molecule has 0 radical (unpaired) electrons. The van der Waals surface area contributed by atoms with Crippen molar-refractivity contribution in [1.29, 1.82) is 0 Å². The Morgan fingerprint density at radius 2 is 1.81 bits per heavy atom. The lowest BCUT2D eigenvalue weighted by Gasteiger charge is -2.13. The molecule has 0 aliphatic carbocycles. The number of carbonyl (C=O) groups is 1. The van der Waals surface area contributed by atoms with Crippen LogP contribution in [0.1, 0.15) is 32.6 Å². The molecule has 3 aromatic rings. The second-order valence-electron chi connectivity index (χ2n) is 7.23. The van der Waals surface area contributed by atoms with E-state index in [9.17, 15) is 13.6 Å². The largest absolute Gasteiger partial charge is 0.496 e. The van der Waals surface area contributed by atoms with Gasteiger partial charge in [-0.1, -0.05) is 36.4 Å². The fraction of sp³-hybridized carbons (Fsp3) is 0.192. The van der Waals surface area contributed by atoms with Crippen molar-refractivity contribution in [1.82, 2.24) is 0 Å². The first kappa shape index (κ1) is 23.0. The van der Waals surface area contributed by atoms with Crippen LogP contribution in [0, 0.1) is 13.8 Å². The van der Waals surface area contributed by atoms with Gasteiger partial charge in [0.15, 0.2) is 5.78 Å². The summed E-state index contributed by atoms with van der Waals surface area (Å²) < 4.78 is 40.6. The summed E-state index contributed by atoms with van der Waals surface area (Å²) in [6.45, 7) is 1.35.